The second-order valence-electron chi connectivity index (χ2n) is 6.06. The summed E-state index contributed by atoms with van der Waals surface area (Å²) in [7, 11) is 1.77. The van der Waals surface area contributed by atoms with Crippen LogP contribution in [0.5, 0.6) is 0 Å². The van der Waals surface area contributed by atoms with Crippen LogP contribution in [0.4, 0.5) is 13.2 Å². The van der Waals surface area contributed by atoms with E-state index in [2.05, 4.69) is 9.97 Å². The van der Waals surface area contributed by atoms with E-state index in [0.29, 0.717) is 10.9 Å². The van der Waals surface area contributed by atoms with E-state index in [0.717, 1.165) is 33.8 Å². The van der Waals surface area contributed by atoms with Gasteiger partial charge in [-0.15, -0.1) is 0 Å². The summed E-state index contributed by atoms with van der Waals surface area (Å²) in [6.45, 7) is 1.92. The minimum atomic E-state index is -4.45. The Balaban J connectivity index is 1.94. The molecule has 0 aliphatic heterocycles. The Morgan fingerprint density at radius 3 is 2.24 bits per heavy atom. The van der Waals surface area contributed by atoms with Crippen molar-refractivity contribution >= 4 is 21.8 Å². The van der Waals surface area contributed by atoms with Crippen LogP contribution in [-0.2, 0) is 13.2 Å². The highest BCUT2D eigenvalue weighted by atomic mass is 19.4. The van der Waals surface area contributed by atoms with Crippen LogP contribution in [0.2, 0.25) is 0 Å². The van der Waals surface area contributed by atoms with Crippen molar-refractivity contribution in [3.05, 3.63) is 60.2 Å². The topological polar surface area (TPSA) is 30.7 Å². The smallest absolute Gasteiger partial charge is 0.343 e. The molecule has 0 saturated carbocycles. The Labute approximate surface area is 141 Å². The summed E-state index contributed by atoms with van der Waals surface area (Å²) in [4.78, 5) is 7.88. The van der Waals surface area contributed by atoms with Gasteiger partial charge in [0.25, 0.3) is 0 Å². The zero-order valence-electron chi connectivity index (χ0n) is 13.6. The molecule has 0 spiro atoms. The molecule has 25 heavy (non-hydrogen) atoms. The van der Waals surface area contributed by atoms with Gasteiger partial charge in [0.2, 0.25) is 0 Å². The molecule has 0 aliphatic carbocycles. The lowest BCUT2D eigenvalue weighted by molar-refractivity contribution is -0.141. The number of benzene rings is 1. The Bertz CT molecular complexity index is 1090. The van der Waals surface area contributed by atoms with Gasteiger partial charge in [0.15, 0.2) is 0 Å². The first-order valence-electron chi connectivity index (χ1n) is 7.73. The third-order valence-electron chi connectivity index (χ3n) is 4.43. The Hall–Kier alpha value is -2.89. The van der Waals surface area contributed by atoms with Gasteiger partial charge in [0.05, 0.1) is 5.52 Å². The molecule has 0 aliphatic rings. The zero-order chi connectivity index (χ0) is 17.8. The van der Waals surface area contributed by atoms with Crippen LogP contribution < -0.4 is 0 Å². The van der Waals surface area contributed by atoms with Crippen LogP contribution in [0, 0.1) is 6.92 Å². The van der Waals surface area contributed by atoms with Gasteiger partial charge in [-0.1, -0.05) is 18.2 Å². The number of halogens is 3. The van der Waals surface area contributed by atoms with E-state index in [9.17, 15) is 13.2 Å². The van der Waals surface area contributed by atoms with Crippen LogP contribution in [0.3, 0.4) is 0 Å². The number of rotatable bonds is 1. The summed E-state index contributed by atoms with van der Waals surface area (Å²) < 4.78 is 40.6. The average molecular weight is 341 g/mol. The standard InChI is InChI=1S/C19H14F3N3/c1-11-3-4-13(9-23-11)12-5-6-14-15-10-24-18(19(20,21)22)8-17(15)25(2)16(14)7-12/h3-10H,1-2H3. The number of alkyl halides is 3. The van der Waals surface area contributed by atoms with Crippen molar-refractivity contribution in [3.63, 3.8) is 0 Å². The molecule has 0 amide bonds. The molecule has 6 heteroatoms. The van der Waals surface area contributed by atoms with Crippen LogP contribution >= 0.6 is 0 Å². The van der Waals surface area contributed by atoms with Crippen molar-refractivity contribution < 1.29 is 13.2 Å². The molecule has 1 aromatic carbocycles. The van der Waals surface area contributed by atoms with E-state index in [1.54, 1.807) is 17.8 Å². The van der Waals surface area contributed by atoms with Crippen molar-refractivity contribution in [1.82, 2.24) is 14.5 Å². The minimum Gasteiger partial charge on any atom is -0.343 e. The highest BCUT2D eigenvalue weighted by molar-refractivity contribution is 6.08. The number of pyridine rings is 2. The lowest BCUT2D eigenvalue weighted by Gasteiger charge is -2.06. The Morgan fingerprint density at radius 2 is 1.56 bits per heavy atom. The van der Waals surface area contributed by atoms with E-state index in [4.69, 9.17) is 0 Å². The van der Waals surface area contributed by atoms with Crippen LogP contribution in [0.15, 0.2) is 48.8 Å². The van der Waals surface area contributed by atoms with Crippen molar-refractivity contribution in [3.8, 4) is 11.1 Å². The molecule has 0 fully saturated rings. The molecule has 3 nitrogen and oxygen atoms in total. The molecule has 3 aromatic heterocycles. The molecule has 0 radical (unpaired) electrons. The van der Waals surface area contributed by atoms with Crippen molar-refractivity contribution in [2.24, 2.45) is 7.05 Å². The van der Waals surface area contributed by atoms with Gasteiger partial charge in [-0.25, -0.2) is 0 Å². The van der Waals surface area contributed by atoms with E-state index >= 15 is 0 Å². The van der Waals surface area contributed by atoms with E-state index in [1.807, 2.05) is 37.3 Å². The number of hydrogen-bond donors (Lipinski definition) is 0. The molecule has 3 heterocycles. The summed E-state index contributed by atoms with van der Waals surface area (Å²) >= 11 is 0. The fraction of sp³-hybridized carbons (Fsp3) is 0.158. The summed E-state index contributed by atoms with van der Waals surface area (Å²) in [6, 6.07) is 10.8. The lowest BCUT2D eigenvalue weighted by atomic mass is 10.1. The Kier molecular flexibility index (Phi) is 3.32. The van der Waals surface area contributed by atoms with Crippen molar-refractivity contribution in [2.75, 3.05) is 0 Å². The summed E-state index contributed by atoms with van der Waals surface area (Å²) in [6.07, 6.45) is -1.36. The monoisotopic (exact) mass is 341 g/mol. The predicted octanol–water partition coefficient (Wildman–Crippen LogP) is 5.12. The van der Waals surface area contributed by atoms with Gasteiger partial charge in [0.1, 0.15) is 5.69 Å². The number of aromatic nitrogens is 3. The fourth-order valence-electron chi connectivity index (χ4n) is 3.07. The van der Waals surface area contributed by atoms with E-state index < -0.39 is 11.9 Å². The first-order valence-corrected chi connectivity index (χ1v) is 7.73. The third kappa shape index (κ3) is 2.54. The van der Waals surface area contributed by atoms with Crippen molar-refractivity contribution in [1.29, 1.82) is 0 Å². The van der Waals surface area contributed by atoms with Gasteiger partial charge in [-0.3, -0.25) is 9.97 Å². The molecule has 0 saturated heterocycles. The van der Waals surface area contributed by atoms with Gasteiger partial charge < -0.3 is 4.57 Å². The molecule has 4 rings (SSSR count). The second-order valence-corrected chi connectivity index (χ2v) is 6.06. The SMILES string of the molecule is Cc1ccc(-c2ccc3c4cnc(C(F)(F)F)cc4n(C)c3c2)cn1. The molecular formula is C19H14F3N3. The van der Waals surface area contributed by atoms with Crippen LogP contribution in [0.25, 0.3) is 32.9 Å². The zero-order valence-corrected chi connectivity index (χ0v) is 13.6. The normalized spacial score (nSPS) is 12.2. The van der Waals surface area contributed by atoms with Crippen LogP contribution in [-0.4, -0.2) is 14.5 Å². The summed E-state index contributed by atoms with van der Waals surface area (Å²) in [5, 5.41) is 1.58. The summed E-state index contributed by atoms with van der Waals surface area (Å²) in [5.41, 5.74) is 3.35. The van der Waals surface area contributed by atoms with E-state index in [-0.39, 0.29) is 0 Å². The largest absolute Gasteiger partial charge is 0.433 e. The molecule has 0 bridgehead atoms. The first kappa shape index (κ1) is 15.6. The molecule has 0 N–H and O–H groups in total. The highest BCUT2D eigenvalue weighted by Gasteiger charge is 2.33. The molecule has 0 unspecified atom stereocenters. The maximum absolute atomic E-state index is 12.9. The Morgan fingerprint density at radius 1 is 0.840 bits per heavy atom. The highest BCUT2D eigenvalue weighted by Crippen LogP contribution is 2.34. The minimum absolute atomic E-state index is 0.511. The quantitative estimate of drug-likeness (QED) is 0.481. The molecule has 0 atom stereocenters. The van der Waals surface area contributed by atoms with Gasteiger partial charge >= 0.3 is 6.18 Å². The second kappa shape index (κ2) is 5.31. The van der Waals surface area contributed by atoms with E-state index in [1.165, 1.54) is 6.20 Å². The number of nitrogens with zero attached hydrogens (tertiary/aromatic N) is 3. The predicted molar refractivity (Wildman–Crippen MR) is 91.2 cm³/mol. The van der Waals surface area contributed by atoms with Crippen LogP contribution in [0.1, 0.15) is 11.4 Å². The maximum atomic E-state index is 12.9. The van der Waals surface area contributed by atoms with Gasteiger partial charge in [-0.2, -0.15) is 13.2 Å². The third-order valence-corrected chi connectivity index (χ3v) is 4.43. The number of aryl methyl sites for hydroxylation is 2. The summed E-state index contributed by atoms with van der Waals surface area (Å²) in [5.74, 6) is 0. The molecule has 126 valence electrons. The average Bonchev–Trinajstić information content (AvgIpc) is 2.87. The maximum Gasteiger partial charge on any atom is 0.433 e. The fourth-order valence-corrected chi connectivity index (χ4v) is 3.07. The number of fused-ring (bicyclic) bond motifs is 3. The lowest BCUT2D eigenvalue weighted by Crippen LogP contribution is -2.07. The van der Waals surface area contributed by atoms with Crippen molar-refractivity contribution in [2.45, 2.75) is 13.1 Å². The first-order chi connectivity index (χ1) is 11.8. The molecular weight excluding hydrogens is 327 g/mol. The van der Waals surface area contributed by atoms with Gasteiger partial charge in [-0.05, 0) is 30.7 Å². The van der Waals surface area contributed by atoms with Gasteiger partial charge in [0, 0.05) is 47.0 Å². The molecule has 4 aromatic rings. The number of hydrogen-bond acceptors (Lipinski definition) is 2.